The van der Waals surface area contributed by atoms with E-state index in [0.717, 1.165) is 18.4 Å². The number of ether oxygens (including phenoxy) is 2. The van der Waals surface area contributed by atoms with Gasteiger partial charge in [0, 0.05) is 18.2 Å². The number of benzene rings is 1. The van der Waals surface area contributed by atoms with E-state index >= 15 is 0 Å². The predicted molar refractivity (Wildman–Crippen MR) is 141 cm³/mol. The number of piperidine rings is 1. The Morgan fingerprint density at radius 1 is 1.18 bits per heavy atom. The number of rotatable bonds is 7. The van der Waals surface area contributed by atoms with Gasteiger partial charge < -0.3 is 19.7 Å². The molecule has 3 aromatic rings. The highest BCUT2D eigenvalue weighted by Crippen LogP contribution is 2.29. The van der Waals surface area contributed by atoms with E-state index in [4.69, 9.17) is 9.47 Å². The van der Waals surface area contributed by atoms with Gasteiger partial charge in [0.1, 0.15) is 11.7 Å². The Kier molecular flexibility index (Phi) is 7.70. The average molecular weight is 526 g/mol. The Morgan fingerprint density at radius 3 is 2.61 bits per heavy atom. The van der Waals surface area contributed by atoms with Crippen molar-refractivity contribution in [2.75, 3.05) is 18.4 Å². The summed E-state index contributed by atoms with van der Waals surface area (Å²) in [6.45, 7) is 12.4. The molecule has 0 spiro atoms. The third kappa shape index (κ3) is 6.12. The Balaban J connectivity index is 1.62. The Morgan fingerprint density at radius 2 is 1.92 bits per heavy atom. The second-order valence-electron chi connectivity index (χ2n) is 10.8. The van der Waals surface area contributed by atoms with Crippen molar-refractivity contribution in [3.63, 3.8) is 0 Å². The van der Waals surface area contributed by atoms with Crippen LogP contribution in [0.25, 0.3) is 5.65 Å². The SMILES string of the molecule is CC(C)c1cnn2c(N[C@@H](C)c3ccccc3[N+](=O)[O-])nc(O[C@@H]3CCCN(C(=O)OC(C)(C)C)C3)nc12. The zero-order chi connectivity index (χ0) is 27.6. The van der Waals surface area contributed by atoms with Crippen molar-refractivity contribution < 1.29 is 19.2 Å². The van der Waals surface area contributed by atoms with E-state index in [2.05, 4.69) is 20.4 Å². The highest BCUT2D eigenvalue weighted by atomic mass is 16.6. The molecular weight excluding hydrogens is 490 g/mol. The van der Waals surface area contributed by atoms with Crippen LogP contribution >= 0.6 is 0 Å². The lowest BCUT2D eigenvalue weighted by Crippen LogP contribution is -2.46. The Bertz CT molecular complexity index is 1320. The molecule has 0 bridgehead atoms. The molecule has 1 N–H and O–H groups in total. The minimum Gasteiger partial charge on any atom is -0.458 e. The van der Waals surface area contributed by atoms with Gasteiger partial charge in [0.15, 0.2) is 5.65 Å². The first kappa shape index (κ1) is 27.1. The van der Waals surface area contributed by atoms with Crippen LogP contribution in [0.15, 0.2) is 30.5 Å². The van der Waals surface area contributed by atoms with Gasteiger partial charge in [0.25, 0.3) is 5.69 Å². The van der Waals surface area contributed by atoms with Gasteiger partial charge in [-0.05, 0) is 46.5 Å². The normalized spacial score (nSPS) is 16.9. The summed E-state index contributed by atoms with van der Waals surface area (Å²) in [7, 11) is 0. The zero-order valence-electron chi connectivity index (χ0n) is 22.7. The van der Waals surface area contributed by atoms with Gasteiger partial charge in [-0.2, -0.15) is 19.6 Å². The molecule has 0 radical (unpaired) electrons. The molecule has 2 atom stereocenters. The van der Waals surface area contributed by atoms with Gasteiger partial charge in [-0.1, -0.05) is 32.0 Å². The molecule has 3 heterocycles. The molecule has 4 rings (SSSR count). The molecule has 1 fully saturated rings. The second-order valence-corrected chi connectivity index (χ2v) is 10.8. The highest BCUT2D eigenvalue weighted by Gasteiger charge is 2.30. The van der Waals surface area contributed by atoms with E-state index in [1.807, 2.05) is 41.5 Å². The molecule has 1 saturated heterocycles. The first-order valence-electron chi connectivity index (χ1n) is 12.8. The number of nitro groups is 1. The largest absolute Gasteiger partial charge is 0.458 e. The molecule has 1 aromatic carbocycles. The molecule has 38 heavy (non-hydrogen) atoms. The minimum absolute atomic E-state index is 0.0158. The van der Waals surface area contributed by atoms with Gasteiger partial charge in [0.2, 0.25) is 5.95 Å². The molecule has 0 saturated carbocycles. The first-order valence-corrected chi connectivity index (χ1v) is 12.8. The summed E-state index contributed by atoms with van der Waals surface area (Å²) in [6.07, 6.45) is 2.55. The van der Waals surface area contributed by atoms with Crippen LogP contribution in [0.2, 0.25) is 0 Å². The number of para-hydroxylation sites is 1. The number of amides is 1. The number of nitro benzene ring substituents is 1. The lowest BCUT2D eigenvalue weighted by molar-refractivity contribution is -0.385. The number of likely N-dealkylation sites (tertiary alicyclic amines) is 1. The molecule has 12 heteroatoms. The smallest absolute Gasteiger partial charge is 0.410 e. The van der Waals surface area contributed by atoms with Crippen LogP contribution in [0, 0.1) is 10.1 Å². The number of fused-ring (bicyclic) bond motifs is 1. The summed E-state index contributed by atoms with van der Waals surface area (Å²) < 4.78 is 13.3. The van der Waals surface area contributed by atoms with E-state index in [-0.39, 0.29) is 29.8 Å². The molecule has 204 valence electrons. The number of carbonyl (C=O) groups is 1. The van der Waals surface area contributed by atoms with Crippen molar-refractivity contribution in [2.45, 2.75) is 78.0 Å². The number of hydrogen-bond acceptors (Lipinski definition) is 9. The fourth-order valence-electron chi connectivity index (χ4n) is 4.40. The number of nitrogens with one attached hydrogen (secondary N) is 1. The summed E-state index contributed by atoms with van der Waals surface area (Å²) in [5, 5.41) is 19.3. The molecule has 12 nitrogen and oxygen atoms in total. The summed E-state index contributed by atoms with van der Waals surface area (Å²) in [5.74, 6) is 0.496. The molecular formula is C26H35N7O5. The van der Waals surface area contributed by atoms with Crippen molar-refractivity contribution >= 4 is 23.4 Å². The number of hydrogen-bond donors (Lipinski definition) is 1. The molecule has 1 aliphatic rings. The van der Waals surface area contributed by atoms with Crippen LogP contribution in [0.3, 0.4) is 0 Å². The fraction of sp³-hybridized carbons (Fsp3) is 0.538. The number of aromatic nitrogens is 4. The quantitative estimate of drug-likeness (QED) is 0.329. The average Bonchev–Trinajstić information content (AvgIpc) is 3.28. The third-order valence-corrected chi connectivity index (χ3v) is 6.24. The lowest BCUT2D eigenvalue weighted by atomic mass is 10.1. The van der Waals surface area contributed by atoms with Crippen LogP contribution in [-0.4, -0.2) is 60.3 Å². The van der Waals surface area contributed by atoms with Gasteiger partial charge in [-0.25, -0.2) is 4.79 Å². The van der Waals surface area contributed by atoms with Gasteiger partial charge in [-0.3, -0.25) is 10.1 Å². The van der Waals surface area contributed by atoms with Crippen molar-refractivity contribution in [3.05, 3.63) is 51.7 Å². The Labute approximate surface area is 221 Å². The summed E-state index contributed by atoms with van der Waals surface area (Å²) in [5.41, 5.74) is 1.45. The topological polar surface area (TPSA) is 137 Å². The number of anilines is 1. The highest BCUT2D eigenvalue weighted by molar-refractivity contribution is 5.68. The van der Waals surface area contributed by atoms with Crippen LogP contribution < -0.4 is 10.1 Å². The van der Waals surface area contributed by atoms with Gasteiger partial charge >= 0.3 is 12.1 Å². The van der Waals surface area contributed by atoms with Crippen molar-refractivity contribution in [2.24, 2.45) is 0 Å². The molecule has 0 unspecified atom stereocenters. The first-order chi connectivity index (χ1) is 17.9. The Hall–Kier alpha value is -3.96. The summed E-state index contributed by atoms with van der Waals surface area (Å²) in [6, 6.07) is 6.27. The van der Waals surface area contributed by atoms with Crippen LogP contribution in [-0.2, 0) is 4.74 Å². The summed E-state index contributed by atoms with van der Waals surface area (Å²) >= 11 is 0. The van der Waals surface area contributed by atoms with E-state index in [9.17, 15) is 14.9 Å². The predicted octanol–water partition coefficient (Wildman–Crippen LogP) is 5.11. The van der Waals surface area contributed by atoms with Crippen LogP contribution in [0.4, 0.5) is 16.4 Å². The maximum Gasteiger partial charge on any atom is 0.410 e. The van der Waals surface area contributed by atoms with Crippen molar-refractivity contribution in [1.29, 1.82) is 0 Å². The molecule has 1 amide bonds. The van der Waals surface area contributed by atoms with Crippen molar-refractivity contribution in [3.8, 4) is 6.01 Å². The maximum atomic E-state index is 12.6. The van der Waals surface area contributed by atoms with E-state index < -0.39 is 16.6 Å². The molecule has 0 aliphatic carbocycles. The zero-order valence-corrected chi connectivity index (χ0v) is 22.7. The molecule has 2 aromatic heterocycles. The van der Waals surface area contributed by atoms with E-state index in [1.54, 1.807) is 33.8 Å². The van der Waals surface area contributed by atoms with Gasteiger partial charge in [0.05, 0.1) is 29.3 Å². The molecule has 1 aliphatic heterocycles. The van der Waals surface area contributed by atoms with Crippen LogP contribution in [0.5, 0.6) is 6.01 Å². The second kappa shape index (κ2) is 10.8. The third-order valence-electron chi connectivity index (χ3n) is 6.24. The monoisotopic (exact) mass is 525 g/mol. The van der Waals surface area contributed by atoms with E-state index in [1.165, 1.54) is 6.07 Å². The van der Waals surface area contributed by atoms with Gasteiger partial charge in [-0.15, -0.1) is 0 Å². The van der Waals surface area contributed by atoms with Crippen molar-refractivity contribution in [1.82, 2.24) is 24.5 Å². The standard InChI is InChI=1S/C26H35N7O5/c1-16(2)20-14-27-32-22(20)29-24(37-18-10-9-13-31(15-18)25(34)38-26(4,5)6)30-23(32)28-17(3)19-11-7-8-12-21(19)33(35)36/h7-8,11-12,14,16-18H,9-10,13,15H2,1-6H3,(H,28,29,30)/t17-,18+/m0/s1. The van der Waals surface area contributed by atoms with Crippen LogP contribution in [0.1, 0.15) is 77.5 Å². The number of carbonyl (C=O) groups excluding carboxylic acids is 1. The number of nitrogens with zero attached hydrogens (tertiary/aromatic N) is 6. The minimum atomic E-state index is -0.584. The van der Waals surface area contributed by atoms with E-state index in [0.29, 0.717) is 30.2 Å². The fourth-order valence-corrected chi connectivity index (χ4v) is 4.40. The maximum absolute atomic E-state index is 12.6. The lowest BCUT2D eigenvalue weighted by Gasteiger charge is -2.33. The summed E-state index contributed by atoms with van der Waals surface area (Å²) in [4.78, 5) is 34.7.